The smallest absolute Gasteiger partial charge is 0.312 e. The van der Waals surface area contributed by atoms with Gasteiger partial charge in [0.15, 0.2) is 5.76 Å². The van der Waals surface area contributed by atoms with Crippen molar-refractivity contribution in [2.24, 2.45) is 5.10 Å². The van der Waals surface area contributed by atoms with Gasteiger partial charge in [-0.05, 0) is 76.1 Å². The molecule has 2 heterocycles. The summed E-state index contributed by atoms with van der Waals surface area (Å²) in [6.07, 6.45) is 1.34. The number of halogens is 3. The van der Waals surface area contributed by atoms with Crippen LogP contribution >= 0.6 is 43.5 Å². The average molecular weight is 709 g/mol. The molecular formula is C30H17Br2ClN4O5. The number of nitrogens with zero attached hydrogens (tertiary/aromatic N) is 4. The zero-order valence-corrected chi connectivity index (χ0v) is 25.3. The molecule has 6 aromatic rings. The van der Waals surface area contributed by atoms with Gasteiger partial charge in [0, 0.05) is 26.5 Å². The third-order valence-corrected chi connectivity index (χ3v) is 7.67. The van der Waals surface area contributed by atoms with E-state index in [9.17, 15) is 14.9 Å². The number of nitro benzene ring substituents is 1. The van der Waals surface area contributed by atoms with Crippen molar-refractivity contribution in [3.63, 3.8) is 0 Å². The van der Waals surface area contributed by atoms with Gasteiger partial charge in [-0.3, -0.25) is 14.9 Å². The van der Waals surface area contributed by atoms with Crippen molar-refractivity contribution in [3.8, 4) is 17.3 Å². The molecule has 2 aromatic heterocycles. The number of benzene rings is 4. The summed E-state index contributed by atoms with van der Waals surface area (Å²) >= 11 is 12.9. The number of fused-ring (bicyclic) bond motifs is 2. The molecule has 208 valence electrons. The van der Waals surface area contributed by atoms with Crippen molar-refractivity contribution in [3.05, 3.63) is 130 Å². The molecule has 0 saturated carbocycles. The van der Waals surface area contributed by atoms with Crippen molar-refractivity contribution in [1.29, 1.82) is 0 Å². The molecular weight excluding hydrogens is 692 g/mol. The predicted molar refractivity (Wildman–Crippen MR) is 168 cm³/mol. The highest BCUT2D eigenvalue weighted by atomic mass is 79.9. The predicted octanol–water partition coefficient (Wildman–Crippen LogP) is 8.36. The first kappa shape index (κ1) is 27.8. The Hall–Kier alpha value is -4.32. The lowest BCUT2D eigenvalue weighted by atomic mass is 10.2. The third-order valence-electron chi connectivity index (χ3n) is 6.31. The number of nitro groups is 1. The summed E-state index contributed by atoms with van der Waals surface area (Å²) in [6.45, 7) is 0.129. The minimum absolute atomic E-state index is 0.0752. The van der Waals surface area contributed by atoms with Crippen LogP contribution in [0.15, 0.2) is 108 Å². The number of rotatable bonds is 7. The van der Waals surface area contributed by atoms with Crippen LogP contribution in [-0.4, -0.2) is 20.8 Å². The van der Waals surface area contributed by atoms with Gasteiger partial charge in [-0.1, -0.05) is 51.8 Å². The second-order valence-corrected chi connectivity index (χ2v) is 11.3. The molecule has 0 aliphatic heterocycles. The van der Waals surface area contributed by atoms with E-state index >= 15 is 0 Å². The molecule has 0 amide bonds. The average Bonchev–Trinajstić information content (AvgIpc) is 3.39. The summed E-state index contributed by atoms with van der Waals surface area (Å²) < 4.78 is 14.2. The number of hydrogen-bond donors (Lipinski definition) is 0. The SMILES string of the molecule is O=c1c2ccccc2nc(-c2cc3cc(Cl)ccc3o2)n1N=Cc1cc(Br)c(OCc2ccc(Br)cc2)c([N+](=O)[O-])c1. The Bertz CT molecular complexity index is 2090. The number of para-hydroxylation sites is 1. The van der Waals surface area contributed by atoms with Gasteiger partial charge in [-0.2, -0.15) is 9.78 Å². The molecule has 0 radical (unpaired) electrons. The molecule has 42 heavy (non-hydrogen) atoms. The molecule has 0 unspecified atom stereocenters. The quantitative estimate of drug-likeness (QED) is 0.0936. The fourth-order valence-electron chi connectivity index (χ4n) is 4.33. The molecule has 0 atom stereocenters. The summed E-state index contributed by atoms with van der Waals surface area (Å²) in [4.78, 5) is 29.6. The zero-order valence-electron chi connectivity index (χ0n) is 21.3. The topological polar surface area (TPSA) is 113 Å². The molecule has 0 spiro atoms. The molecule has 6 rings (SSSR count). The molecule has 12 heteroatoms. The fourth-order valence-corrected chi connectivity index (χ4v) is 5.35. The second-order valence-electron chi connectivity index (χ2n) is 9.13. The Labute approximate surface area is 259 Å². The van der Waals surface area contributed by atoms with Crippen LogP contribution in [0.4, 0.5) is 5.69 Å². The van der Waals surface area contributed by atoms with Crippen LogP contribution in [0.1, 0.15) is 11.1 Å². The van der Waals surface area contributed by atoms with Crippen molar-refractivity contribution in [2.45, 2.75) is 6.61 Å². The van der Waals surface area contributed by atoms with Crippen LogP contribution in [0, 0.1) is 10.1 Å². The van der Waals surface area contributed by atoms with Gasteiger partial charge in [-0.15, -0.1) is 0 Å². The summed E-state index contributed by atoms with van der Waals surface area (Å²) in [5, 5.41) is 18.0. The monoisotopic (exact) mass is 706 g/mol. The van der Waals surface area contributed by atoms with E-state index in [1.54, 1.807) is 54.6 Å². The van der Waals surface area contributed by atoms with Crippen molar-refractivity contribution in [1.82, 2.24) is 9.66 Å². The first-order valence-electron chi connectivity index (χ1n) is 12.4. The maximum atomic E-state index is 13.6. The van der Waals surface area contributed by atoms with Gasteiger partial charge in [0.25, 0.3) is 5.56 Å². The van der Waals surface area contributed by atoms with Crippen LogP contribution in [-0.2, 0) is 6.61 Å². The lowest BCUT2D eigenvalue weighted by Crippen LogP contribution is -2.20. The van der Waals surface area contributed by atoms with E-state index in [1.807, 2.05) is 24.3 Å². The summed E-state index contributed by atoms with van der Waals surface area (Å²) in [5.41, 5.74) is 1.52. The summed E-state index contributed by atoms with van der Waals surface area (Å²) in [6, 6.07) is 24.2. The molecule has 9 nitrogen and oxygen atoms in total. The Morgan fingerprint density at radius 1 is 1.05 bits per heavy atom. The number of furan rings is 1. The van der Waals surface area contributed by atoms with Gasteiger partial charge in [-0.25, -0.2) is 4.98 Å². The highest BCUT2D eigenvalue weighted by Crippen LogP contribution is 2.37. The fraction of sp³-hybridized carbons (Fsp3) is 0.0333. The van der Waals surface area contributed by atoms with Gasteiger partial charge in [0.2, 0.25) is 11.6 Å². The molecule has 0 N–H and O–H groups in total. The first-order valence-corrected chi connectivity index (χ1v) is 14.3. The standard InChI is InChI=1S/C30H17Br2ClN4O5/c31-20-7-5-17(6-8-20)16-41-28-23(32)11-18(12-25(28)37(39)40)15-34-36-29(35-24-4-2-1-3-22(24)30(36)38)27-14-19-13-21(33)9-10-26(19)42-27/h1-15H,16H2. The normalized spacial score (nSPS) is 11.5. The van der Waals surface area contributed by atoms with E-state index in [1.165, 1.54) is 12.3 Å². The van der Waals surface area contributed by atoms with E-state index in [0.717, 1.165) is 20.1 Å². The Balaban J connectivity index is 1.41. The Morgan fingerprint density at radius 2 is 1.83 bits per heavy atom. The third kappa shape index (κ3) is 5.58. The van der Waals surface area contributed by atoms with E-state index in [2.05, 4.69) is 41.9 Å². The molecule has 0 saturated heterocycles. The minimum atomic E-state index is -0.534. The molecule has 0 bridgehead atoms. The van der Waals surface area contributed by atoms with E-state index in [4.69, 9.17) is 20.8 Å². The molecule has 0 aliphatic rings. The van der Waals surface area contributed by atoms with Crippen LogP contribution < -0.4 is 10.3 Å². The van der Waals surface area contributed by atoms with Crippen molar-refractivity contribution in [2.75, 3.05) is 0 Å². The second kappa shape index (κ2) is 11.5. The van der Waals surface area contributed by atoms with Gasteiger partial charge >= 0.3 is 5.69 Å². The van der Waals surface area contributed by atoms with Gasteiger partial charge < -0.3 is 9.15 Å². The van der Waals surface area contributed by atoms with Crippen LogP contribution in [0.3, 0.4) is 0 Å². The highest BCUT2D eigenvalue weighted by molar-refractivity contribution is 9.10. The van der Waals surface area contributed by atoms with Gasteiger partial charge in [0.1, 0.15) is 12.2 Å². The van der Waals surface area contributed by atoms with Crippen molar-refractivity contribution >= 4 is 77.2 Å². The summed E-state index contributed by atoms with van der Waals surface area (Å²) in [7, 11) is 0. The van der Waals surface area contributed by atoms with Crippen LogP contribution in [0.2, 0.25) is 5.02 Å². The zero-order chi connectivity index (χ0) is 29.4. The van der Waals surface area contributed by atoms with Gasteiger partial charge in [0.05, 0.1) is 26.5 Å². The number of ether oxygens (including phenoxy) is 1. The minimum Gasteiger partial charge on any atom is -0.481 e. The molecule has 0 aliphatic carbocycles. The molecule has 0 fully saturated rings. The van der Waals surface area contributed by atoms with Crippen LogP contribution in [0.25, 0.3) is 33.5 Å². The van der Waals surface area contributed by atoms with E-state index in [-0.39, 0.29) is 23.9 Å². The van der Waals surface area contributed by atoms with E-state index < -0.39 is 10.5 Å². The highest BCUT2D eigenvalue weighted by Gasteiger charge is 2.21. The largest absolute Gasteiger partial charge is 0.481 e. The lowest BCUT2D eigenvalue weighted by Gasteiger charge is -2.10. The Kier molecular flexibility index (Phi) is 7.63. The maximum Gasteiger partial charge on any atom is 0.312 e. The Morgan fingerprint density at radius 3 is 2.62 bits per heavy atom. The lowest BCUT2D eigenvalue weighted by molar-refractivity contribution is -0.386. The summed E-state index contributed by atoms with van der Waals surface area (Å²) in [5.74, 6) is 0.535. The molecule has 4 aromatic carbocycles. The number of aromatic nitrogens is 2. The first-order chi connectivity index (χ1) is 20.3. The maximum absolute atomic E-state index is 13.6. The van der Waals surface area contributed by atoms with Crippen LogP contribution in [0.5, 0.6) is 5.75 Å². The van der Waals surface area contributed by atoms with Crippen molar-refractivity contribution < 1.29 is 14.1 Å². The van der Waals surface area contributed by atoms with E-state index in [0.29, 0.717) is 37.3 Å². The number of hydrogen-bond acceptors (Lipinski definition) is 7.